The number of rotatable bonds is 1. The zero-order valence-electron chi connectivity index (χ0n) is 13.7. The standard InChI is InChI=1S/C15H22N6O2/c1-15(2,3)23-14(22)20-6-4-5-10(8-20)21-13-11(7-19-21)12(16)17-9-18-13/h7,9-10H,4-6,8H2,1-3H3,(H2,16,17,18)/t10-/m1/s1. The number of anilines is 1. The summed E-state index contributed by atoms with van der Waals surface area (Å²) in [6, 6.07) is 0.0584. The molecule has 0 radical (unpaired) electrons. The minimum atomic E-state index is -0.496. The van der Waals surface area contributed by atoms with E-state index in [2.05, 4.69) is 15.1 Å². The summed E-state index contributed by atoms with van der Waals surface area (Å²) in [4.78, 5) is 22.3. The Labute approximate surface area is 134 Å². The molecule has 1 aliphatic heterocycles. The topological polar surface area (TPSA) is 99.2 Å². The van der Waals surface area contributed by atoms with Crippen molar-refractivity contribution in [3.8, 4) is 0 Å². The molecule has 3 heterocycles. The fraction of sp³-hybridized carbons (Fsp3) is 0.600. The van der Waals surface area contributed by atoms with Gasteiger partial charge in [0.1, 0.15) is 17.7 Å². The number of carbonyl (C=O) groups is 1. The summed E-state index contributed by atoms with van der Waals surface area (Å²) in [5.74, 6) is 0.418. The fourth-order valence-corrected chi connectivity index (χ4v) is 2.79. The molecule has 3 rings (SSSR count). The van der Waals surface area contributed by atoms with Crippen molar-refractivity contribution in [3.63, 3.8) is 0 Å². The third kappa shape index (κ3) is 3.20. The Bertz CT molecular complexity index is 720. The van der Waals surface area contributed by atoms with E-state index in [0.717, 1.165) is 18.2 Å². The van der Waals surface area contributed by atoms with Crippen LogP contribution in [0.1, 0.15) is 39.7 Å². The van der Waals surface area contributed by atoms with E-state index in [1.165, 1.54) is 6.33 Å². The molecule has 8 heteroatoms. The largest absolute Gasteiger partial charge is 0.444 e. The van der Waals surface area contributed by atoms with Gasteiger partial charge in [0.05, 0.1) is 17.6 Å². The van der Waals surface area contributed by atoms with Crippen LogP contribution >= 0.6 is 0 Å². The Kier molecular flexibility index (Phi) is 3.83. The lowest BCUT2D eigenvalue weighted by Gasteiger charge is -2.34. The molecule has 8 nitrogen and oxygen atoms in total. The summed E-state index contributed by atoms with van der Waals surface area (Å²) in [5.41, 5.74) is 6.06. The summed E-state index contributed by atoms with van der Waals surface area (Å²) >= 11 is 0. The molecule has 1 fully saturated rings. The number of amides is 1. The second-order valence-electron chi connectivity index (χ2n) is 6.81. The van der Waals surface area contributed by atoms with Crippen molar-refractivity contribution in [2.75, 3.05) is 18.8 Å². The number of nitrogens with zero attached hydrogens (tertiary/aromatic N) is 5. The van der Waals surface area contributed by atoms with Crippen molar-refractivity contribution in [1.82, 2.24) is 24.6 Å². The zero-order valence-corrected chi connectivity index (χ0v) is 13.7. The van der Waals surface area contributed by atoms with Crippen LogP contribution in [0, 0.1) is 0 Å². The Hall–Kier alpha value is -2.38. The van der Waals surface area contributed by atoms with E-state index < -0.39 is 5.60 Å². The van der Waals surface area contributed by atoms with Crippen molar-refractivity contribution in [2.24, 2.45) is 0 Å². The number of hydrogen-bond donors (Lipinski definition) is 1. The number of aromatic nitrogens is 4. The van der Waals surface area contributed by atoms with Gasteiger partial charge in [0.15, 0.2) is 5.65 Å². The maximum absolute atomic E-state index is 12.3. The number of carbonyl (C=O) groups excluding carboxylic acids is 1. The first-order valence-corrected chi connectivity index (χ1v) is 7.77. The van der Waals surface area contributed by atoms with Crippen LogP contribution in [-0.4, -0.2) is 49.4 Å². The molecule has 0 aliphatic carbocycles. The van der Waals surface area contributed by atoms with Crippen molar-refractivity contribution >= 4 is 22.9 Å². The Morgan fingerprint density at radius 3 is 2.91 bits per heavy atom. The molecule has 2 aromatic heterocycles. The smallest absolute Gasteiger partial charge is 0.410 e. The number of hydrogen-bond acceptors (Lipinski definition) is 6. The van der Waals surface area contributed by atoms with Gasteiger partial charge in [0.2, 0.25) is 0 Å². The van der Waals surface area contributed by atoms with Crippen LogP contribution in [0.15, 0.2) is 12.5 Å². The molecule has 2 aromatic rings. The van der Waals surface area contributed by atoms with E-state index in [1.807, 2.05) is 25.5 Å². The predicted molar refractivity (Wildman–Crippen MR) is 85.8 cm³/mol. The monoisotopic (exact) mass is 318 g/mol. The fourth-order valence-electron chi connectivity index (χ4n) is 2.79. The molecule has 124 valence electrons. The SMILES string of the molecule is CC(C)(C)OC(=O)N1CCC[C@@H](n2ncc3c(N)ncnc32)C1. The molecule has 2 N–H and O–H groups in total. The molecule has 1 aliphatic rings. The van der Waals surface area contributed by atoms with E-state index in [0.29, 0.717) is 24.6 Å². The lowest BCUT2D eigenvalue weighted by molar-refractivity contribution is 0.0169. The minimum absolute atomic E-state index is 0.0584. The highest BCUT2D eigenvalue weighted by Crippen LogP contribution is 2.26. The minimum Gasteiger partial charge on any atom is -0.444 e. The summed E-state index contributed by atoms with van der Waals surface area (Å²) in [5, 5.41) is 5.14. The molecule has 0 aromatic carbocycles. The lowest BCUT2D eigenvalue weighted by atomic mass is 10.1. The van der Waals surface area contributed by atoms with Gasteiger partial charge in [-0.1, -0.05) is 0 Å². The molecule has 0 unspecified atom stereocenters. The van der Waals surface area contributed by atoms with Gasteiger partial charge in [-0.15, -0.1) is 0 Å². The highest BCUT2D eigenvalue weighted by molar-refractivity contribution is 5.84. The van der Waals surface area contributed by atoms with Crippen molar-refractivity contribution < 1.29 is 9.53 Å². The van der Waals surface area contributed by atoms with Crippen LogP contribution in [0.2, 0.25) is 0 Å². The molecule has 0 bridgehead atoms. The van der Waals surface area contributed by atoms with Crippen LogP contribution in [0.3, 0.4) is 0 Å². The number of ether oxygens (including phenoxy) is 1. The van der Waals surface area contributed by atoms with E-state index in [1.54, 1.807) is 11.1 Å². The van der Waals surface area contributed by atoms with Crippen LogP contribution in [0.4, 0.5) is 10.6 Å². The normalized spacial score (nSPS) is 19.1. The van der Waals surface area contributed by atoms with E-state index >= 15 is 0 Å². The zero-order chi connectivity index (χ0) is 16.6. The first-order valence-electron chi connectivity index (χ1n) is 7.77. The number of nitrogen functional groups attached to an aromatic ring is 1. The van der Waals surface area contributed by atoms with Gasteiger partial charge in [0, 0.05) is 13.1 Å². The molecular formula is C15H22N6O2. The quantitative estimate of drug-likeness (QED) is 0.863. The van der Waals surface area contributed by atoms with Crippen LogP contribution in [0.5, 0.6) is 0 Å². The Balaban J connectivity index is 1.80. The third-order valence-electron chi connectivity index (χ3n) is 3.82. The first-order chi connectivity index (χ1) is 10.8. The summed E-state index contributed by atoms with van der Waals surface area (Å²) in [6.07, 6.45) is 4.65. The number of piperidine rings is 1. The average molecular weight is 318 g/mol. The lowest BCUT2D eigenvalue weighted by Crippen LogP contribution is -2.43. The van der Waals surface area contributed by atoms with Gasteiger partial charge >= 0.3 is 6.09 Å². The molecule has 23 heavy (non-hydrogen) atoms. The number of nitrogens with two attached hydrogens (primary N) is 1. The molecule has 0 spiro atoms. The second-order valence-corrected chi connectivity index (χ2v) is 6.81. The average Bonchev–Trinajstić information content (AvgIpc) is 2.91. The van der Waals surface area contributed by atoms with Crippen molar-refractivity contribution in [2.45, 2.75) is 45.3 Å². The van der Waals surface area contributed by atoms with Crippen molar-refractivity contribution in [3.05, 3.63) is 12.5 Å². The van der Waals surface area contributed by atoms with Gasteiger partial charge in [0.25, 0.3) is 0 Å². The van der Waals surface area contributed by atoms with Crippen molar-refractivity contribution in [1.29, 1.82) is 0 Å². The van der Waals surface area contributed by atoms with E-state index in [9.17, 15) is 4.79 Å². The van der Waals surface area contributed by atoms with Crippen LogP contribution in [-0.2, 0) is 4.74 Å². The number of likely N-dealkylation sites (tertiary alicyclic amines) is 1. The molecule has 0 saturated carbocycles. The van der Waals surface area contributed by atoms with Gasteiger partial charge in [-0.3, -0.25) is 0 Å². The summed E-state index contributed by atoms with van der Waals surface area (Å²) in [6.45, 7) is 6.85. The maximum atomic E-state index is 12.3. The summed E-state index contributed by atoms with van der Waals surface area (Å²) < 4.78 is 7.30. The van der Waals surface area contributed by atoms with E-state index in [4.69, 9.17) is 10.5 Å². The van der Waals surface area contributed by atoms with Crippen LogP contribution in [0.25, 0.3) is 11.0 Å². The Morgan fingerprint density at radius 1 is 1.39 bits per heavy atom. The molecule has 1 atom stereocenters. The third-order valence-corrected chi connectivity index (χ3v) is 3.82. The van der Waals surface area contributed by atoms with Gasteiger partial charge in [-0.05, 0) is 33.6 Å². The second kappa shape index (κ2) is 5.68. The van der Waals surface area contributed by atoms with Crippen LogP contribution < -0.4 is 5.73 Å². The van der Waals surface area contributed by atoms with Gasteiger partial charge in [-0.25, -0.2) is 19.4 Å². The summed E-state index contributed by atoms with van der Waals surface area (Å²) in [7, 11) is 0. The molecule has 1 amide bonds. The van der Waals surface area contributed by atoms with Gasteiger partial charge in [-0.2, -0.15) is 5.10 Å². The van der Waals surface area contributed by atoms with Gasteiger partial charge < -0.3 is 15.4 Å². The molecular weight excluding hydrogens is 296 g/mol. The highest BCUT2D eigenvalue weighted by Gasteiger charge is 2.29. The number of fused-ring (bicyclic) bond motifs is 1. The highest BCUT2D eigenvalue weighted by atomic mass is 16.6. The van der Waals surface area contributed by atoms with E-state index in [-0.39, 0.29) is 12.1 Å². The Morgan fingerprint density at radius 2 is 2.17 bits per heavy atom. The first kappa shape index (κ1) is 15.5. The molecule has 1 saturated heterocycles. The maximum Gasteiger partial charge on any atom is 0.410 e. The predicted octanol–water partition coefficient (Wildman–Crippen LogP) is 1.98.